The Morgan fingerprint density at radius 2 is 2.05 bits per heavy atom. The highest BCUT2D eigenvalue weighted by Crippen LogP contribution is 2.45. The molecule has 6 rings (SSSR count). The summed E-state index contributed by atoms with van der Waals surface area (Å²) in [5.74, 6) is 1.62. The number of amides is 1. The van der Waals surface area contributed by atoms with Crippen molar-refractivity contribution in [1.82, 2.24) is 14.9 Å². The number of hydrogen-bond acceptors (Lipinski definition) is 5. The molecule has 2 aromatic carbocycles. The average Bonchev–Trinajstić information content (AvgIpc) is 3.24. The number of anilines is 1. The molecule has 2 atom stereocenters. The minimum atomic E-state index is -0.631. The summed E-state index contributed by atoms with van der Waals surface area (Å²) in [4.78, 5) is 25.0. The molecule has 184 valence electrons. The lowest BCUT2D eigenvalue weighted by Crippen LogP contribution is -2.62. The summed E-state index contributed by atoms with van der Waals surface area (Å²) >= 11 is 0. The standard InChI is InChI=1S/C29H22F2N4O2/c1-4-17-20(30)10-9-16-7-6-8-18(25(16)17)27-26(31)28-19(13-32-27)29(23(37-3)14-33-28)35-15-22-21(35)11-12-34(22)24(36)5-2/h1,5-10,13-14,21-22H,2,11-12,15H2,3H3/t21-,22-/m1/s1. The van der Waals surface area contributed by atoms with Gasteiger partial charge in [0.15, 0.2) is 11.6 Å². The largest absolute Gasteiger partial charge is 0.493 e. The van der Waals surface area contributed by atoms with Gasteiger partial charge in [0, 0.05) is 35.6 Å². The molecule has 0 aliphatic carbocycles. The Balaban J connectivity index is 1.50. The van der Waals surface area contributed by atoms with Gasteiger partial charge in [0.2, 0.25) is 5.91 Å². The van der Waals surface area contributed by atoms with Crippen LogP contribution in [0.2, 0.25) is 0 Å². The van der Waals surface area contributed by atoms with E-state index in [2.05, 4.69) is 27.4 Å². The van der Waals surface area contributed by atoms with E-state index < -0.39 is 11.6 Å². The number of hydrogen-bond donors (Lipinski definition) is 0. The number of ether oxygens (including phenoxy) is 1. The summed E-state index contributed by atoms with van der Waals surface area (Å²) in [6.07, 6.45) is 10.8. The third-order valence-corrected chi connectivity index (χ3v) is 7.45. The zero-order chi connectivity index (χ0) is 25.8. The maximum Gasteiger partial charge on any atom is 0.246 e. The molecule has 0 bridgehead atoms. The number of carbonyl (C=O) groups excluding carboxylic acids is 1. The van der Waals surface area contributed by atoms with Crippen molar-refractivity contribution in [3.8, 4) is 29.4 Å². The fraction of sp³-hybridized carbons (Fsp3) is 0.207. The van der Waals surface area contributed by atoms with Gasteiger partial charge in [-0.2, -0.15) is 0 Å². The summed E-state index contributed by atoms with van der Waals surface area (Å²) in [5.41, 5.74) is 1.30. The van der Waals surface area contributed by atoms with Crippen LogP contribution in [-0.4, -0.2) is 53.1 Å². The average molecular weight is 497 g/mol. The molecule has 8 heteroatoms. The van der Waals surface area contributed by atoms with E-state index in [4.69, 9.17) is 11.2 Å². The second-order valence-electron chi connectivity index (χ2n) is 9.14. The molecule has 0 saturated carbocycles. The van der Waals surface area contributed by atoms with Gasteiger partial charge in [0.25, 0.3) is 0 Å². The Morgan fingerprint density at radius 1 is 1.22 bits per heavy atom. The van der Waals surface area contributed by atoms with Crippen molar-refractivity contribution in [3.05, 3.63) is 72.6 Å². The van der Waals surface area contributed by atoms with E-state index in [1.807, 2.05) is 4.90 Å². The Bertz CT molecular complexity index is 1660. The highest BCUT2D eigenvalue weighted by atomic mass is 19.1. The van der Waals surface area contributed by atoms with Gasteiger partial charge in [-0.15, -0.1) is 6.42 Å². The van der Waals surface area contributed by atoms with E-state index in [-0.39, 0.29) is 34.8 Å². The first-order valence-corrected chi connectivity index (χ1v) is 11.9. The van der Waals surface area contributed by atoms with E-state index >= 15 is 4.39 Å². The molecule has 4 aromatic rings. The first-order valence-electron chi connectivity index (χ1n) is 11.9. The highest BCUT2D eigenvalue weighted by molar-refractivity contribution is 6.03. The van der Waals surface area contributed by atoms with Crippen molar-refractivity contribution in [1.29, 1.82) is 0 Å². The zero-order valence-corrected chi connectivity index (χ0v) is 20.0. The minimum Gasteiger partial charge on any atom is -0.493 e. The Kier molecular flexibility index (Phi) is 5.30. The summed E-state index contributed by atoms with van der Waals surface area (Å²) in [7, 11) is 1.54. The topological polar surface area (TPSA) is 58.6 Å². The normalized spacial score (nSPS) is 18.4. The number of pyridine rings is 2. The van der Waals surface area contributed by atoms with Crippen molar-refractivity contribution in [2.45, 2.75) is 18.5 Å². The number of nitrogens with zero attached hydrogens (tertiary/aromatic N) is 4. The van der Waals surface area contributed by atoms with Crippen LogP contribution in [0.5, 0.6) is 5.75 Å². The van der Waals surface area contributed by atoms with E-state index in [9.17, 15) is 9.18 Å². The van der Waals surface area contributed by atoms with Gasteiger partial charge < -0.3 is 14.5 Å². The molecular weight excluding hydrogens is 474 g/mol. The summed E-state index contributed by atoms with van der Waals surface area (Å²) in [6, 6.07) is 8.27. The number of methoxy groups -OCH3 is 1. The summed E-state index contributed by atoms with van der Waals surface area (Å²) < 4.78 is 36.2. The molecule has 4 heterocycles. The van der Waals surface area contributed by atoms with E-state index in [1.165, 1.54) is 25.4 Å². The molecule has 2 saturated heterocycles. The molecule has 2 aliphatic rings. The van der Waals surface area contributed by atoms with Crippen LogP contribution in [0.25, 0.3) is 32.9 Å². The van der Waals surface area contributed by atoms with Crippen LogP contribution >= 0.6 is 0 Å². The van der Waals surface area contributed by atoms with Crippen LogP contribution in [0.15, 0.2) is 55.4 Å². The zero-order valence-electron chi connectivity index (χ0n) is 20.0. The van der Waals surface area contributed by atoms with Gasteiger partial charge in [-0.25, -0.2) is 13.8 Å². The minimum absolute atomic E-state index is 0.0360. The van der Waals surface area contributed by atoms with Crippen molar-refractivity contribution in [2.24, 2.45) is 0 Å². The van der Waals surface area contributed by atoms with Crippen LogP contribution in [0.1, 0.15) is 12.0 Å². The molecule has 0 N–H and O–H groups in total. The number of rotatable bonds is 4. The lowest BCUT2D eigenvalue weighted by Gasteiger charge is -2.48. The predicted octanol–water partition coefficient (Wildman–Crippen LogP) is 4.69. The number of terminal acetylenes is 1. The first kappa shape index (κ1) is 22.9. The number of halogens is 2. The number of likely N-dealkylation sites (tertiary alicyclic amines) is 1. The molecule has 37 heavy (non-hydrogen) atoms. The van der Waals surface area contributed by atoms with Crippen molar-refractivity contribution >= 4 is 33.3 Å². The predicted molar refractivity (Wildman–Crippen MR) is 138 cm³/mol. The molecule has 2 aromatic heterocycles. The Labute approximate surface area is 212 Å². The second kappa shape index (κ2) is 8.56. The maximum absolute atomic E-state index is 16.1. The van der Waals surface area contributed by atoms with Gasteiger partial charge in [-0.1, -0.05) is 36.8 Å². The highest BCUT2D eigenvalue weighted by Gasteiger charge is 2.49. The van der Waals surface area contributed by atoms with Gasteiger partial charge in [-0.05, 0) is 23.9 Å². The van der Waals surface area contributed by atoms with Gasteiger partial charge in [0.05, 0.1) is 36.6 Å². The first-order chi connectivity index (χ1) is 18.0. The number of aromatic nitrogens is 2. The lowest BCUT2D eigenvalue weighted by molar-refractivity contribution is -0.127. The molecular formula is C29H22F2N4O2. The van der Waals surface area contributed by atoms with Crippen LogP contribution in [0.4, 0.5) is 14.5 Å². The monoisotopic (exact) mass is 496 g/mol. The summed E-state index contributed by atoms with van der Waals surface area (Å²) in [5, 5.41) is 1.60. The molecule has 0 unspecified atom stereocenters. The number of carbonyl (C=O) groups is 1. The Morgan fingerprint density at radius 3 is 2.81 bits per heavy atom. The maximum atomic E-state index is 16.1. The molecule has 2 aliphatic heterocycles. The van der Waals surface area contributed by atoms with Crippen molar-refractivity contribution in [3.63, 3.8) is 0 Å². The van der Waals surface area contributed by atoms with E-state index in [1.54, 1.807) is 30.5 Å². The van der Waals surface area contributed by atoms with Crippen LogP contribution in [0, 0.1) is 24.0 Å². The third kappa shape index (κ3) is 3.27. The quantitative estimate of drug-likeness (QED) is 0.303. The van der Waals surface area contributed by atoms with Gasteiger partial charge >= 0.3 is 0 Å². The Hall–Kier alpha value is -4.51. The fourth-order valence-electron chi connectivity index (χ4n) is 5.69. The van der Waals surface area contributed by atoms with Gasteiger partial charge in [-0.3, -0.25) is 9.78 Å². The van der Waals surface area contributed by atoms with E-state index in [0.717, 1.165) is 6.42 Å². The smallest absolute Gasteiger partial charge is 0.246 e. The number of benzene rings is 2. The fourth-order valence-corrected chi connectivity index (χ4v) is 5.69. The van der Waals surface area contributed by atoms with Crippen LogP contribution < -0.4 is 9.64 Å². The molecule has 0 spiro atoms. The van der Waals surface area contributed by atoms with Crippen molar-refractivity contribution in [2.75, 3.05) is 25.1 Å². The van der Waals surface area contributed by atoms with Crippen LogP contribution in [0.3, 0.4) is 0 Å². The number of fused-ring (bicyclic) bond motifs is 3. The third-order valence-electron chi connectivity index (χ3n) is 7.45. The van der Waals surface area contributed by atoms with Crippen LogP contribution in [-0.2, 0) is 4.79 Å². The molecule has 2 fully saturated rings. The second-order valence-corrected chi connectivity index (χ2v) is 9.14. The van der Waals surface area contributed by atoms with E-state index in [0.29, 0.717) is 46.2 Å². The van der Waals surface area contributed by atoms with Gasteiger partial charge in [0.1, 0.15) is 17.0 Å². The lowest BCUT2D eigenvalue weighted by atomic mass is 9.94. The molecule has 0 radical (unpaired) electrons. The SMILES string of the molecule is C#Cc1c(F)ccc2cccc(-c3ncc4c(N5C[C@@H]6[C@H]5CCN6C(=O)C=C)c(OC)cnc4c3F)c12. The molecule has 6 nitrogen and oxygen atoms in total. The molecule has 1 amide bonds. The summed E-state index contributed by atoms with van der Waals surface area (Å²) in [6.45, 7) is 4.81. The van der Waals surface area contributed by atoms with Crippen molar-refractivity contribution < 1.29 is 18.3 Å².